The van der Waals surface area contributed by atoms with Crippen molar-refractivity contribution >= 4 is 33.5 Å². The Hall–Kier alpha value is -2.23. The molecule has 30 heavy (non-hydrogen) atoms. The van der Waals surface area contributed by atoms with Crippen molar-refractivity contribution in [2.45, 2.75) is 17.7 Å². The first-order valence-corrected chi connectivity index (χ1v) is 11.8. The molecule has 0 bridgehead atoms. The Labute approximate surface area is 181 Å². The highest BCUT2D eigenvalue weighted by Crippen LogP contribution is 2.24. The van der Waals surface area contributed by atoms with Gasteiger partial charge in [-0.2, -0.15) is 4.31 Å². The van der Waals surface area contributed by atoms with Gasteiger partial charge in [0.1, 0.15) is 0 Å². The van der Waals surface area contributed by atoms with Crippen LogP contribution in [0.3, 0.4) is 0 Å². The number of nitrogens with zero attached hydrogens (tertiary/aromatic N) is 5. The van der Waals surface area contributed by atoms with Crippen molar-refractivity contribution in [1.82, 2.24) is 19.2 Å². The molecule has 0 spiro atoms. The van der Waals surface area contributed by atoms with Crippen molar-refractivity contribution in [3.63, 3.8) is 0 Å². The highest BCUT2D eigenvalue weighted by Gasteiger charge is 2.34. The molecule has 2 aliphatic rings. The molecule has 0 radical (unpaired) electrons. The Bertz CT molecular complexity index is 997. The number of sulfonamides is 1. The summed E-state index contributed by atoms with van der Waals surface area (Å²) in [5.74, 6) is 0.599. The molecule has 1 aromatic heterocycles. The molecule has 1 aromatic carbocycles. The molecule has 4 rings (SSSR count). The molecular weight excluding hydrogens is 426 g/mol. The fraction of sp³-hybridized carbons (Fsp3) is 0.450. The zero-order valence-corrected chi connectivity index (χ0v) is 18.1. The molecule has 2 fully saturated rings. The number of rotatable bonds is 4. The molecule has 0 N–H and O–H groups in total. The number of piperazine rings is 1. The van der Waals surface area contributed by atoms with E-state index in [1.54, 1.807) is 41.6 Å². The lowest BCUT2D eigenvalue weighted by Crippen LogP contribution is -2.53. The van der Waals surface area contributed by atoms with E-state index in [-0.39, 0.29) is 29.8 Å². The number of piperidine rings is 1. The number of carbonyl (C=O) groups is 1. The van der Waals surface area contributed by atoms with E-state index < -0.39 is 10.0 Å². The Morgan fingerprint density at radius 1 is 1.03 bits per heavy atom. The van der Waals surface area contributed by atoms with Gasteiger partial charge in [0, 0.05) is 56.7 Å². The molecule has 3 heterocycles. The van der Waals surface area contributed by atoms with Gasteiger partial charge in [-0.05, 0) is 37.1 Å². The molecule has 160 valence electrons. The van der Waals surface area contributed by atoms with Gasteiger partial charge in [-0.1, -0.05) is 17.7 Å². The normalized spacial score (nSPS) is 20.9. The average molecular weight is 450 g/mol. The number of anilines is 1. The van der Waals surface area contributed by atoms with Crippen LogP contribution in [0.5, 0.6) is 0 Å². The first kappa shape index (κ1) is 21.0. The molecule has 0 saturated carbocycles. The minimum Gasteiger partial charge on any atom is -0.340 e. The quantitative estimate of drug-likeness (QED) is 0.708. The Morgan fingerprint density at radius 3 is 2.47 bits per heavy atom. The van der Waals surface area contributed by atoms with Crippen LogP contribution in [0, 0.1) is 5.92 Å². The van der Waals surface area contributed by atoms with Crippen molar-refractivity contribution < 1.29 is 13.2 Å². The Morgan fingerprint density at radius 2 is 1.77 bits per heavy atom. The molecule has 1 amide bonds. The van der Waals surface area contributed by atoms with Crippen LogP contribution in [-0.2, 0) is 14.8 Å². The smallest absolute Gasteiger partial charge is 0.243 e. The first-order valence-electron chi connectivity index (χ1n) is 10.0. The summed E-state index contributed by atoms with van der Waals surface area (Å²) in [5, 5.41) is 0.383. The van der Waals surface area contributed by atoms with Crippen molar-refractivity contribution in [1.29, 1.82) is 0 Å². The molecule has 0 aliphatic carbocycles. The van der Waals surface area contributed by atoms with Gasteiger partial charge in [0.05, 0.1) is 10.8 Å². The largest absolute Gasteiger partial charge is 0.340 e. The SMILES string of the molecule is O=C(C1CCCN(c2ncccn2)C1)N1CCN(S(=O)(=O)c2cccc(Cl)c2)CC1. The lowest BCUT2D eigenvalue weighted by molar-refractivity contribution is -0.137. The van der Waals surface area contributed by atoms with Gasteiger partial charge < -0.3 is 9.80 Å². The van der Waals surface area contributed by atoms with Crippen LogP contribution in [0.15, 0.2) is 47.6 Å². The van der Waals surface area contributed by atoms with Crippen LogP contribution in [0.1, 0.15) is 12.8 Å². The summed E-state index contributed by atoms with van der Waals surface area (Å²) in [7, 11) is -3.62. The van der Waals surface area contributed by atoms with Gasteiger partial charge in [0.15, 0.2) is 0 Å². The third-order valence-electron chi connectivity index (χ3n) is 5.59. The number of amides is 1. The van der Waals surface area contributed by atoms with Gasteiger partial charge in [-0.3, -0.25) is 4.79 Å². The van der Waals surface area contributed by atoms with E-state index in [0.717, 1.165) is 19.4 Å². The number of aromatic nitrogens is 2. The fourth-order valence-electron chi connectivity index (χ4n) is 4.00. The topological polar surface area (TPSA) is 86.7 Å². The van der Waals surface area contributed by atoms with Gasteiger partial charge in [-0.15, -0.1) is 0 Å². The lowest BCUT2D eigenvalue weighted by atomic mass is 9.96. The minimum absolute atomic E-state index is 0.0791. The van der Waals surface area contributed by atoms with E-state index in [1.165, 1.54) is 10.4 Å². The highest BCUT2D eigenvalue weighted by atomic mass is 35.5. The summed E-state index contributed by atoms with van der Waals surface area (Å²) in [6, 6.07) is 8.04. The van der Waals surface area contributed by atoms with E-state index in [2.05, 4.69) is 9.97 Å². The van der Waals surface area contributed by atoms with E-state index in [1.807, 2.05) is 4.90 Å². The third-order valence-corrected chi connectivity index (χ3v) is 7.72. The summed E-state index contributed by atoms with van der Waals surface area (Å²) in [5.41, 5.74) is 0. The summed E-state index contributed by atoms with van der Waals surface area (Å²) >= 11 is 5.95. The predicted molar refractivity (Wildman–Crippen MR) is 114 cm³/mol. The Balaban J connectivity index is 1.37. The minimum atomic E-state index is -3.62. The van der Waals surface area contributed by atoms with Crippen LogP contribution < -0.4 is 4.90 Å². The molecule has 2 saturated heterocycles. The molecular formula is C20H24ClN5O3S. The van der Waals surface area contributed by atoms with Crippen LogP contribution >= 0.6 is 11.6 Å². The monoisotopic (exact) mass is 449 g/mol. The fourth-order valence-corrected chi connectivity index (χ4v) is 5.72. The Kier molecular flexibility index (Phi) is 6.21. The second-order valence-electron chi connectivity index (χ2n) is 7.52. The number of carbonyl (C=O) groups excluding carboxylic acids is 1. The molecule has 2 aromatic rings. The van der Waals surface area contributed by atoms with E-state index in [9.17, 15) is 13.2 Å². The molecule has 10 heteroatoms. The van der Waals surface area contributed by atoms with E-state index in [0.29, 0.717) is 30.6 Å². The maximum Gasteiger partial charge on any atom is 0.243 e. The molecule has 1 unspecified atom stereocenters. The second kappa shape index (κ2) is 8.87. The number of halogens is 1. The maximum absolute atomic E-state index is 13.1. The van der Waals surface area contributed by atoms with E-state index in [4.69, 9.17) is 11.6 Å². The first-order chi connectivity index (χ1) is 14.4. The standard InChI is InChI=1S/C20H24ClN5O3S/c21-17-5-1-6-18(14-17)30(28,29)26-12-10-24(11-13-26)19(27)16-4-2-9-25(15-16)20-22-7-3-8-23-20/h1,3,5-8,14,16H,2,4,9-13,15H2. The second-order valence-corrected chi connectivity index (χ2v) is 9.90. The highest BCUT2D eigenvalue weighted by molar-refractivity contribution is 7.89. The van der Waals surface area contributed by atoms with Gasteiger partial charge in [0.2, 0.25) is 21.9 Å². The predicted octanol–water partition coefficient (Wildman–Crippen LogP) is 1.88. The van der Waals surface area contributed by atoms with E-state index >= 15 is 0 Å². The number of hydrogen-bond donors (Lipinski definition) is 0. The summed E-state index contributed by atoms with van der Waals surface area (Å²) < 4.78 is 27.1. The van der Waals surface area contributed by atoms with Crippen molar-refractivity contribution in [2.75, 3.05) is 44.2 Å². The van der Waals surface area contributed by atoms with Crippen molar-refractivity contribution in [2.24, 2.45) is 5.92 Å². The lowest BCUT2D eigenvalue weighted by Gasteiger charge is -2.38. The van der Waals surface area contributed by atoms with Crippen LogP contribution in [-0.4, -0.2) is 72.8 Å². The maximum atomic E-state index is 13.1. The van der Waals surface area contributed by atoms with Gasteiger partial charge in [0.25, 0.3) is 0 Å². The number of benzene rings is 1. The third kappa shape index (κ3) is 4.43. The van der Waals surface area contributed by atoms with Gasteiger partial charge >= 0.3 is 0 Å². The van der Waals surface area contributed by atoms with Crippen LogP contribution in [0.2, 0.25) is 5.02 Å². The zero-order valence-electron chi connectivity index (χ0n) is 16.5. The van der Waals surface area contributed by atoms with Gasteiger partial charge in [-0.25, -0.2) is 18.4 Å². The summed E-state index contributed by atoms with van der Waals surface area (Å²) in [6.07, 6.45) is 5.13. The number of hydrogen-bond acceptors (Lipinski definition) is 6. The summed E-state index contributed by atoms with van der Waals surface area (Å²) in [6.45, 7) is 2.74. The molecule has 8 nitrogen and oxygen atoms in total. The molecule has 1 atom stereocenters. The molecule has 2 aliphatic heterocycles. The summed E-state index contributed by atoms with van der Waals surface area (Å²) in [4.78, 5) is 25.7. The van der Waals surface area contributed by atoms with Crippen LogP contribution in [0.4, 0.5) is 5.95 Å². The van der Waals surface area contributed by atoms with Crippen LogP contribution in [0.25, 0.3) is 0 Å². The van der Waals surface area contributed by atoms with Crippen molar-refractivity contribution in [3.05, 3.63) is 47.7 Å². The van der Waals surface area contributed by atoms with Crippen molar-refractivity contribution in [3.8, 4) is 0 Å². The zero-order chi connectivity index (χ0) is 21.1. The average Bonchev–Trinajstić information content (AvgIpc) is 2.79.